The highest BCUT2D eigenvalue weighted by Gasteiger charge is 2.16. The van der Waals surface area contributed by atoms with E-state index < -0.39 is 0 Å². The van der Waals surface area contributed by atoms with E-state index in [0.29, 0.717) is 21.3 Å². The van der Waals surface area contributed by atoms with Crippen molar-refractivity contribution in [2.24, 2.45) is 0 Å². The standard InChI is InChI=1S/C18H17BrCl2N2O/c19-12-4-6-15(20)14(10-12)18(24)22-13-5-7-17(16(21)11-13)23-8-2-1-3-9-23/h4-7,10-11H,1-3,8-9H2,(H,22,24). The summed E-state index contributed by atoms with van der Waals surface area (Å²) < 4.78 is 0.801. The third kappa shape index (κ3) is 4.05. The van der Waals surface area contributed by atoms with E-state index in [1.165, 1.54) is 19.3 Å². The molecule has 1 heterocycles. The van der Waals surface area contributed by atoms with Crippen LogP contribution in [-0.2, 0) is 0 Å². The Morgan fingerprint density at radius 1 is 1.00 bits per heavy atom. The van der Waals surface area contributed by atoms with Crippen molar-refractivity contribution in [2.75, 3.05) is 23.3 Å². The van der Waals surface area contributed by atoms with Crippen LogP contribution in [0.1, 0.15) is 29.6 Å². The summed E-state index contributed by atoms with van der Waals surface area (Å²) in [5.41, 5.74) is 2.10. The Balaban J connectivity index is 1.77. The van der Waals surface area contributed by atoms with Crippen molar-refractivity contribution in [3.8, 4) is 0 Å². The zero-order valence-corrected chi connectivity index (χ0v) is 16.1. The zero-order chi connectivity index (χ0) is 17.1. The van der Waals surface area contributed by atoms with Gasteiger partial charge in [-0.15, -0.1) is 0 Å². The van der Waals surface area contributed by atoms with Crippen LogP contribution in [0.15, 0.2) is 40.9 Å². The summed E-state index contributed by atoms with van der Waals surface area (Å²) in [5.74, 6) is -0.261. The molecular formula is C18H17BrCl2N2O. The molecule has 1 saturated heterocycles. The molecule has 3 nitrogen and oxygen atoms in total. The Hall–Kier alpha value is -1.23. The molecule has 0 aliphatic carbocycles. The number of nitrogens with one attached hydrogen (secondary N) is 1. The number of hydrogen-bond acceptors (Lipinski definition) is 2. The Labute approximate surface area is 160 Å². The molecule has 1 aliphatic heterocycles. The lowest BCUT2D eigenvalue weighted by Crippen LogP contribution is -2.29. The summed E-state index contributed by atoms with van der Waals surface area (Å²) in [4.78, 5) is 14.7. The summed E-state index contributed by atoms with van der Waals surface area (Å²) in [6, 6.07) is 10.8. The first kappa shape index (κ1) is 17.6. The molecule has 1 amide bonds. The van der Waals surface area contributed by atoms with Crippen molar-refractivity contribution in [3.63, 3.8) is 0 Å². The molecule has 3 rings (SSSR count). The van der Waals surface area contributed by atoms with Gasteiger partial charge in [-0.1, -0.05) is 39.1 Å². The molecule has 0 radical (unpaired) electrons. The van der Waals surface area contributed by atoms with Gasteiger partial charge in [-0.25, -0.2) is 0 Å². The molecule has 0 unspecified atom stereocenters. The van der Waals surface area contributed by atoms with Crippen LogP contribution in [-0.4, -0.2) is 19.0 Å². The predicted octanol–water partition coefficient (Wildman–Crippen LogP) is 6.00. The molecule has 0 atom stereocenters. The second-order valence-electron chi connectivity index (χ2n) is 5.79. The van der Waals surface area contributed by atoms with E-state index in [-0.39, 0.29) is 5.91 Å². The number of amides is 1. The molecule has 1 N–H and O–H groups in total. The Morgan fingerprint density at radius 3 is 2.46 bits per heavy atom. The van der Waals surface area contributed by atoms with Crippen molar-refractivity contribution in [2.45, 2.75) is 19.3 Å². The summed E-state index contributed by atoms with van der Waals surface area (Å²) in [7, 11) is 0. The summed E-state index contributed by atoms with van der Waals surface area (Å²) in [5, 5.41) is 3.91. The second-order valence-corrected chi connectivity index (χ2v) is 7.52. The molecule has 24 heavy (non-hydrogen) atoms. The molecule has 126 valence electrons. The zero-order valence-electron chi connectivity index (χ0n) is 13.0. The Morgan fingerprint density at radius 2 is 1.75 bits per heavy atom. The van der Waals surface area contributed by atoms with Gasteiger partial charge in [0.05, 0.1) is 21.3 Å². The number of anilines is 2. The van der Waals surface area contributed by atoms with Gasteiger partial charge in [-0.3, -0.25) is 4.79 Å². The number of hydrogen-bond donors (Lipinski definition) is 1. The van der Waals surface area contributed by atoms with E-state index in [4.69, 9.17) is 23.2 Å². The van der Waals surface area contributed by atoms with Crippen LogP contribution in [0, 0.1) is 0 Å². The molecule has 0 spiro atoms. The fraction of sp³-hybridized carbons (Fsp3) is 0.278. The molecular weight excluding hydrogens is 411 g/mol. The predicted molar refractivity (Wildman–Crippen MR) is 105 cm³/mol. The maximum Gasteiger partial charge on any atom is 0.257 e. The van der Waals surface area contributed by atoms with Crippen LogP contribution in [0.4, 0.5) is 11.4 Å². The van der Waals surface area contributed by atoms with Crippen molar-refractivity contribution >= 4 is 56.4 Å². The molecule has 0 aromatic heterocycles. The van der Waals surface area contributed by atoms with E-state index in [9.17, 15) is 4.79 Å². The lowest BCUT2D eigenvalue weighted by atomic mass is 10.1. The minimum absolute atomic E-state index is 0.261. The van der Waals surface area contributed by atoms with Crippen LogP contribution in [0.25, 0.3) is 0 Å². The first-order valence-corrected chi connectivity index (χ1v) is 9.40. The maximum absolute atomic E-state index is 12.4. The number of carbonyl (C=O) groups excluding carboxylic acids is 1. The van der Waals surface area contributed by atoms with Crippen LogP contribution >= 0.6 is 39.1 Å². The first-order chi connectivity index (χ1) is 11.5. The van der Waals surface area contributed by atoms with Crippen molar-refractivity contribution in [3.05, 3.63) is 56.5 Å². The molecule has 1 fully saturated rings. The molecule has 0 bridgehead atoms. The Bertz CT molecular complexity index is 761. The van der Waals surface area contributed by atoms with Crippen molar-refractivity contribution < 1.29 is 4.79 Å². The number of carbonyl (C=O) groups is 1. The van der Waals surface area contributed by atoms with Gasteiger partial charge >= 0.3 is 0 Å². The lowest BCUT2D eigenvalue weighted by molar-refractivity contribution is 0.102. The van der Waals surface area contributed by atoms with E-state index >= 15 is 0 Å². The monoisotopic (exact) mass is 426 g/mol. The third-order valence-electron chi connectivity index (χ3n) is 4.08. The normalized spacial score (nSPS) is 14.5. The highest BCUT2D eigenvalue weighted by atomic mass is 79.9. The van der Waals surface area contributed by atoms with E-state index in [0.717, 1.165) is 23.2 Å². The van der Waals surface area contributed by atoms with Crippen molar-refractivity contribution in [1.82, 2.24) is 0 Å². The van der Waals surface area contributed by atoms with E-state index in [1.54, 1.807) is 24.3 Å². The lowest BCUT2D eigenvalue weighted by Gasteiger charge is -2.29. The first-order valence-electron chi connectivity index (χ1n) is 7.85. The molecule has 2 aromatic rings. The van der Waals surface area contributed by atoms with Gasteiger partial charge in [-0.2, -0.15) is 0 Å². The van der Waals surface area contributed by atoms with Gasteiger partial charge in [0.1, 0.15) is 0 Å². The summed E-state index contributed by atoms with van der Waals surface area (Å²) in [6.07, 6.45) is 3.65. The maximum atomic E-state index is 12.4. The minimum atomic E-state index is -0.261. The fourth-order valence-corrected chi connectivity index (χ4v) is 3.71. The summed E-state index contributed by atoms with van der Waals surface area (Å²) >= 11 is 15.9. The quantitative estimate of drug-likeness (QED) is 0.651. The SMILES string of the molecule is O=C(Nc1ccc(N2CCCCC2)c(Cl)c1)c1cc(Br)ccc1Cl. The molecule has 1 aliphatic rings. The smallest absolute Gasteiger partial charge is 0.257 e. The summed E-state index contributed by atoms with van der Waals surface area (Å²) in [6.45, 7) is 2.05. The van der Waals surface area contributed by atoms with Crippen LogP contribution in [0.3, 0.4) is 0 Å². The highest BCUT2D eigenvalue weighted by molar-refractivity contribution is 9.10. The Kier molecular flexibility index (Phi) is 5.69. The second kappa shape index (κ2) is 7.77. The third-order valence-corrected chi connectivity index (χ3v) is 5.20. The van der Waals surface area contributed by atoms with E-state index in [2.05, 4.69) is 26.1 Å². The van der Waals surface area contributed by atoms with Gasteiger partial charge in [-0.05, 0) is 55.7 Å². The van der Waals surface area contributed by atoms with Gasteiger partial charge < -0.3 is 10.2 Å². The van der Waals surface area contributed by atoms with Crippen LogP contribution < -0.4 is 10.2 Å². The minimum Gasteiger partial charge on any atom is -0.370 e. The van der Waals surface area contributed by atoms with Gasteiger partial charge in [0.25, 0.3) is 5.91 Å². The number of rotatable bonds is 3. The number of halogens is 3. The average molecular weight is 428 g/mol. The topological polar surface area (TPSA) is 32.3 Å². The largest absolute Gasteiger partial charge is 0.370 e. The average Bonchev–Trinajstić information content (AvgIpc) is 2.58. The molecule has 2 aromatic carbocycles. The molecule has 6 heteroatoms. The fourth-order valence-electron chi connectivity index (χ4n) is 2.85. The van der Waals surface area contributed by atoms with Crippen LogP contribution in [0.5, 0.6) is 0 Å². The van der Waals surface area contributed by atoms with Gasteiger partial charge in [0.15, 0.2) is 0 Å². The number of piperidine rings is 1. The van der Waals surface area contributed by atoms with Crippen molar-refractivity contribution in [1.29, 1.82) is 0 Å². The molecule has 0 saturated carbocycles. The van der Waals surface area contributed by atoms with E-state index in [1.807, 2.05) is 12.1 Å². The number of benzene rings is 2. The van der Waals surface area contributed by atoms with Gasteiger partial charge in [0.2, 0.25) is 0 Å². The highest BCUT2D eigenvalue weighted by Crippen LogP contribution is 2.31. The number of nitrogens with zero attached hydrogens (tertiary/aromatic N) is 1. The van der Waals surface area contributed by atoms with Gasteiger partial charge in [0, 0.05) is 23.2 Å². The van der Waals surface area contributed by atoms with Crippen LogP contribution in [0.2, 0.25) is 10.0 Å².